The molecule has 0 bridgehead atoms. The van der Waals surface area contributed by atoms with E-state index in [9.17, 15) is 13.2 Å². The molecule has 0 spiro atoms. The van der Waals surface area contributed by atoms with Gasteiger partial charge in [0.05, 0.1) is 20.3 Å². The van der Waals surface area contributed by atoms with Crippen molar-refractivity contribution in [2.45, 2.75) is 49.7 Å². The summed E-state index contributed by atoms with van der Waals surface area (Å²) in [6, 6.07) is 12.5. The first-order valence-electron chi connectivity index (χ1n) is 11.8. The standard InChI is InChI=1S/C25H33N3O5S/c1-32-23-11-10-19(16-24(23)34(30,31)27-22-8-4-5-9-22)25(29)26-17-20-6-2-3-7-21(20)18-28-12-14-33-15-13-28/h2-3,6-7,10-11,16,22,27H,4-5,8-9,12-15,17-18H2,1H3,(H,26,29). The van der Waals surface area contributed by atoms with E-state index >= 15 is 0 Å². The van der Waals surface area contributed by atoms with Gasteiger partial charge in [0, 0.05) is 37.8 Å². The van der Waals surface area contributed by atoms with Crippen molar-refractivity contribution in [3.63, 3.8) is 0 Å². The van der Waals surface area contributed by atoms with Crippen LogP contribution in [0.15, 0.2) is 47.4 Å². The molecule has 34 heavy (non-hydrogen) atoms. The van der Waals surface area contributed by atoms with E-state index in [4.69, 9.17) is 9.47 Å². The molecule has 1 aliphatic carbocycles. The Morgan fingerprint density at radius 3 is 2.50 bits per heavy atom. The van der Waals surface area contributed by atoms with Gasteiger partial charge in [-0.25, -0.2) is 13.1 Å². The summed E-state index contributed by atoms with van der Waals surface area (Å²) < 4.78 is 39.5. The Morgan fingerprint density at radius 1 is 1.09 bits per heavy atom. The SMILES string of the molecule is COc1ccc(C(=O)NCc2ccccc2CN2CCOCC2)cc1S(=O)(=O)NC1CCCC1. The van der Waals surface area contributed by atoms with Crippen molar-refractivity contribution < 1.29 is 22.7 Å². The smallest absolute Gasteiger partial charge is 0.251 e. The van der Waals surface area contributed by atoms with Gasteiger partial charge in [-0.1, -0.05) is 37.1 Å². The summed E-state index contributed by atoms with van der Waals surface area (Å²) in [5.41, 5.74) is 2.47. The van der Waals surface area contributed by atoms with Gasteiger partial charge in [-0.05, 0) is 42.2 Å². The quantitative estimate of drug-likeness (QED) is 0.565. The minimum atomic E-state index is -3.80. The second-order valence-corrected chi connectivity index (χ2v) is 10.5. The van der Waals surface area contributed by atoms with Gasteiger partial charge in [0.15, 0.2) is 0 Å². The first-order chi connectivity index (χ1) is 16.5. The molecule has 1 saturated carbocycles. The number of rotatable bonds is 9. The molecule has 8 nitrogen and oxygen atoms in total. The van der Waals surface area contributed by atoms with E-state index in [2.05, 4.69) is 21.0 Å². The van der Waals surface area contributed by atoms with Crippen LogP contribution >= 0.6 is 0 Å². The summed E-state index contributed by atoms with van der Waals surface area (Å²) in [7, 11) is -2.38. The van der Waals surface area contributed by atoms with E-state index in [0.717, 1.165) is 69.7 Å². The van der Waals surface area contributed by atoms with Gasteiger partial charge in [0.2, 0.25) is 10.0 Å². The molecule has 4 rings (SSSR count). The Labute approximate surface area is 201 Å². The highest BCUT2D eigenvalue weighted by Gasteiger charge is 2.26. The average Bonchev–Trinajstić information content (AvgIpc) is 3.36. The number of benzene rings is 2. The van der Waals surface area contributed by atoms with Gasteiger partial charge >= 0.3 is 0 Å². The molecule has 0 unspecified atom stereocenters. The van der Waals surface area contributed by atoms with Gasteiger partial charge in [-0.15, -0.1) is 0 Å². The van der Waals surface area contributed by atoms with E-state index in [1.807, 2.05) is 18.2 Å². The van der Waals surface area contributed by atoms with Gasteiger partial charge in [-0.3, -0.25) is 9.69 Å². The third-order valence-electron chi connectivity index (χ3n) is 6.45. The maximum Gasteiger partial charge on any atom is 0.251 e. The number of hydrogen-bond donors (Lipinski definition) is 2. The van der Waals surface area contributed by atoms with Crippen LogP contribution in [-0.4, -0.2) is 58.7 Å². The topological polar surface area (TPSA) is 97.0 Å². The summed E-state index contributed by atoms with van der Waals surface area (Å²) in [6.07, 6.45) is 3.68. The fourth-order valence-corrected chi connectivity index (χ4v) is 6.02. The number of carbonyl (C=O) groups excluding carboxylic acids is 1. The molecule has 184 valence electrons. The normalized spacial score (nSPS) is 17.6. The van der Waals surface area contributed by atoms with Crippen LogP contribution in [0.3, 0.4) is 0 Å². The predicted octanol–water partition coefficient (Wildman–Crippen LogP) is 2.68. The zero-order valence-corrected chi connectivity index (χ0v) is 20.4. The maximum absolute atomic E-state index is 13.0. The Balaban J connectivity index is 1.46. The molecule has 9 heteroatoms. The van der Waals surface area contributed by atoms with Crippen molar-refractivity contribution >= 4 is 15.9 Å². The molecule has 2 fully saturated rings. The lowest BCUT2D eigenvalue weighted by molar-refractivity contribution is 0.0340. The van der Waals surface area contributed by atoms with Crippen LogP contribution in [0.2, 0.25) is 0 Å². The Hall–Kier alpha value is -2.46. The lowest BCUT2D eigenvalue weighted by Crippen LogP contribution is -2.36. The summed E-state index contributed by atoms with van der Waals surface area (Å²) in [5.74, 6) is -0.112. The van der Waals surface area contributed by atoms with Crippen molar-refractivity contribution in [3.05, 3.63) is 59.2 Å². The van der Waals surface area contributed by atoms with E-state index in [1.54, 1.807) is 6.07 Å². The first-order valence-corrected chi connectivity index (χ1v) is 13.3. The first kappa shape index (κ1) is 24.7. The number of methoxy groups -OCH3 is 1. The molecule has 0 radical (unpaired) electrons. The van der Waals surface area contributed by atoms with Gasteiger partial charge in [-0.2, -0.15) is 0 Å². The van der Waals surface area contributed by atoms with Crippen LogP contribution < -0.4 is 14.8 Å². The summed E-state index contributed by atoms with van der Waals surface area (Å²) in [6.45, 7) is 4.40. The zero-order valence-electron chi connectivity index (χ0n) is 19.6. The van der Waals surface area contributed by atoms with Crippen molar-refractivity contribution in [2.24, 2.45) is 0 Å². The molecule has 0 aromatic heterocycles. The van der Waals surface area contributed by atoms with Crippen molar-refractivity contribution in [2.75, 3.05) is 33.4 Å². The van der Waals surface area contributed by atoms with Crippen molar-refractivity contribution in [1.29, 1.82) is 0 Å². The summed E-state index contributed by atoms with van der Waals surface area (Å²) in [5, 5.41) is 2.94. The highest BCUT2D eigenvalue weighted by molar-refractivity contribution is 7.89. The Morgan fingerprint density at radius 2 is 1.79 bits per heavy atom. The van der Waals surface area contributed by atoms with Crippen LogP contribution in [0.25, 0.3) is 0 Å². The number of morpholine rings is 1. The number of carbonyl (C=O) groups is 1. The fourth-order valence-electron chi connectivity index (χ4n) is 4.52. The lowest BCUT2D eigenvalue weighted by atomic mass is 10.1. The number of nitrogens with one attached hydrogen (secondary N) is 2. The van der Waals surface area contributed by atoms with Gasteiger partial charge in [0.25, 0.3) is 5.91 Å². The van der Waals surface area contributed by atoms with E-state index < -0.39 is 10.0 Å². The number of sulfonamides is 1. The molecule has 2 N–H and O–H groups in total. The molecular formula is C25H33N3O5S. The molecule has 0 atom stereocenters. The Kier molecular flexibility index (Phi) is 8.20. The van der Waals surface area contributed by atoms with E-state index in [1.165, 1.54) is 19.2 Å². The van der Waals surface area contributed by atoms with Crippen LogP contribution in [0.1, 0.15) is 47.2 Å². The molecular weight excluding hydrogens is 454 g/mol. The fraction of sp³-hybridized carbons (Fsp3) is 0.480. The van der Waals surface area contributed by atoms with Crippen LogP contribution in [0.5, 0.6) is 5.75 Å². The lowest BCUT2D eigenvalue weighted by Gasteiger charge is -2.27. The highest BCUT2D eigenvalue weighted by atomic mass is 32.2. The summed E-state index contributed by atoms with van der Waals surface area (Å²) in [4.78, 5) is 15.3. The van der Waals surface area contributed by atoms with Crippen molar-refractivity contribution in [1.82, 2.24) is 14.9 Å². The second kappa shape index (κ2) is 11.3. The molecule has 2 aromatic rings. The molecule has 1 amide bonds. The average molecular weight is 488 g/mol. The molecule has 1 aliphatic heterocycles. The van der Waals surface area contributed by atoms with Crippen molar-refractivity contribution in [3.8, 4) is 5.75 Å². The third-order valence-corrected chi connectivity index (χ3v) is 7.99. The second-order valence-electron chi connectivity index (χ2n) is 8.81. The monoisotopic (exact) mass is 487 g/mol. The maximum atomic E-state index is 13.0. The van der Waals surface area contributed by atoms with E-state index in [0.29, 0.717) is 6.54 Å². The number of ether oxygens (including phenoxy) is 2. The number of amides is 1. The summed E-state index contributed by atoms with van der Waals surface area (Å²) >= 11 is 0. The molecule has 2 aromatic carbocycles. The minimum absolute atomic E-state index is 0.0118. The minimum Gasteiger partial charge on any atom is -0.495 e. The van der Waals surface area contributed by atoms with Gasteiger partial charge < -0.3 is 14.8 Å². The third kappa shape index (κ3) is 6.15. The Bertz CT molecular complexity index is 1090. The zero-order chi connectivity index (χ0) is 24.0. The predicted molar refractivity (Wildman–Crippen MR) is 129 cm³/mol. The van der Waals surface area contributed by atoms with Crippen LogP contribution in [-0.2, 0) is 27.8 Å². The van der Waals surface area contributed by atoms with Crippen LogP contribution in [0.4, 0.5) is 0 Å². The number of hydrogen-bond acceptors (Lipinski definition) is 6. The molecule has 2 aliphatic rings. The highest BCUT2D eigenvalue weighted by Crippen LogP contribution is 2.27. The number of nitrogens with zero attached hydrogens (tertiary/aromatic N) is 1. The molecule has 1 heterocycles. The van der Waals surface area contributed by atoms with E-state index in [-0.39, 0.29) is 28.2 Å². The van der Waals surface area contributed by atoms with Gasteiger partial charge in [0.1, 0.15) is 10.6 Å². The largest absolute Gasteiger partial charge is 0.495 e. The molecule has 1 saturated heterocycles. The van der Waals surface area contributed by atoms with Crippen LogP contribution in [0, 0.1) is 0 Å².